The highest BCUT2D eigenvalue weighted by Gasteiger charge is 2.16. The summed E-state index contributed by atoms with van der Waals surface area (Å²) in [4.78, 5) is 16.0. The van der Waals surface area contributed by atoms with E-state index in [-0.39, 0.29) is 11.9 Å². The molecule has 1 aromatic carbocycles. The van der Waals surface area contributed by atoms with Crippen molar-refractivity contribution in [2.75, 3.05) is 0 Å². The van der Waals surface area contributed by atoms with Crippen LogP contribution in [0.25, 0.3) is 5.69 Å². The van der Waals surface area contributed by atoms with E-state index in [0.717, 1.165) is 24.1 Å². The van der Waals surface area contributed by atoms with Gasteiger partial charge in [0.1, 0.15) is 12.7 Å². The fourth-order valence-corrected chi connectivity index (χ4v) is 2.74. The zero-order valence-corrected chi connectivity index (χ0v) is 12.6. The van der Waals surface area contributed by atoms with Crippen LogP contribution in [0.3, 0.4) is 0 Å². The van der Waals surface area contributed by atoms with Gasteiger partial charge < -0.3 is 5.32 Å². The van der Waals surface area contributed by atoms with Crippen LogP contribution in [0.1, 0.15) is 37.8 Å². The molecule has 0 aliphatic heterocycles. The minimum absolute atomic E-state index is 0.00248. The van der Waals surface area contributed by atoms with Crippen LogP contribution < -0.4 is 5.32 Å². The van der Waals surface area contributed by atoms with Crippen LogP contribution in [0.4, 0.5) is 0 Å². The highest BCUT2D eigenvalue weighted by atomic mass is 16.1. The lowest BCUT2D eigenvalue weighted by Crippen LogP contribution is -2.27. The average Bonchev–Trinajstić information content (AvgIpc) is 3.20. The molecule has 114 valence electrons. The summed E-state index contributed by atoms with van der Waals surface area (Å²) in [6, 6.07) is 7.98. The maximum atomic E-state index is 12.1. The first-order valence-corrected chi connectivity index (χ1v) is 7.63. The van der Waals surface area contributed by atoms with E-state index >= 15 is 0 Å². The number of carbonyl (C=O) groups excluding carboxylic acids is 1. The molecule has 2 atom stereocenters. The third-order valence-electron chi connectivity index (χ3n) is 4.01. The van der Waals surface area contributed by atoms with E-state index in [9.17, 15) is 4.79 Å². The van der Waals surface area contributed by atoms with Crippen molar-refractivity contribution in [3.05, 3.63) is 54.6 Å². The predicted octanol–water partition coefficient (Wildman–Crippen LogP) is 2.80. The topological polar surface area (TPSA) is 59.8 Å². The molecule has 22 heavy (non-hydrogen) atoms. The molecule has 1 heterocycles. The number of benzene rings is 1. The number of aromatic nitrogens is 3. The van der Waals surface area contributed by atoms with Crippen molar-refractivity contribution in [3.63, 3.8) is 0 Å². The summed E-state index contributed by atoms with van der Waals surface area (Å²) in [5.74, 6) is 0.520. The van der Waals surface area contributed by atoms with Gasteiger partial charge in [-0.3, -0.25) is 4.79 Å². The van der Waals surface area contributed by atoms with Gasteiger partial charge in [0.05, 0.1) is 11.7 Å². The van der Waals surface area contributed by atoms with Crippen LogP contribution in [-0.2, 0) is 4.79 Å². The van der Waals surface area contributed by atoms with Crippen LogP contribution in [0.15, 0.2) is 49.1 Å². The Bertz CT molecular complexity index is 646. The van der Waals surface area contributed by atoms with E-state index < -0.39 is 0 Å². The van der Waals surface area contributed by atoms with Gasteiger partial charge >= 0.3 is 0 Å². The number of amides is 1. The SMILES string of the molecule is C[C@@H](NC(=O)C[C@@H]1C=CCC1)c1ccc(-n2cncn2)cc1. The minimum atomic E-state index is 0.00248. The molecule has 2 aromatic rings. The molecule has 0 spiro atoms. The third kappa shape index (κ3) is 3.42. The van der Waals surface area contributed by atoms with E-state index in [1.807, 2.05) is 31.2 Å². The number of hydrogen-bond donors (Lipinski definition) is 1. The molecular formula is C17H20N4O. The lowest BCUT2D eigenvalue weighted by molar-refractivity contribution is -0.122. The van der Waals surface area contributed by atoms with Crippen molar-refractivity contribution < 1.29 is 4.79 Å². The largest absolute Gasteiger partial charge is 0.350 e. The molecule has 1 aromatic heterocycles. The third-order valence-corrected chi connectivity index (χ3v) is 4.01. The van der Waals surface area contributed by atoms with E-state index in [4.69, 9.17) is 0 Å². The van der Waals surface area contributed by atoms with Crippen molar-refractivity contribution in [1.82, 2.24) is 20.1 Å². The Hall–Kier alpha value is -2.43. The first-order chi connectivity index (χ1) is 10.7. The maximum absolute atomic E-state index is 12.1. The average molecular weight is 296 g/mol. The number of nitrogens with zero attached hydrogens (tertiary/aromatic N) is 3. The molecule has 0 unspecified atom stereocenters. The Morgan fingerprint density at radius 2 is 2.23 bits per heavy atom. The molecule has 1 aliphatic carbocycles. The van der Waals surface area contributed by atoms with Crippen LogP contribution in [-0.4, -0.2) is 20.7 Å². The fourth-order valence-electron chi connectivity index (χ4n) is 2.74. The minimum Gasteiger partial charge on any atom is -0.350 e. The van der Waals surface area contributed by atoms with Crippen molar-refractivity contribution >= 4 is 5.91 Å². The molecular weight excluding hydrogens is 276 g/mol. The second-order valence-electron chi connectivity index (χ2n) is 5.69. The van der Waals surface area contributed by atoms with Crippen molar-refractivity contribution in [2.45, 2.75) is 32.2 Å². The molecule has 3 rings (SSSR count). The monoisotopic (exact) mass is 296 g/mol. The van der Waals surface area contributed by atoms with Gasteiger partial charge in [0.15, 0.2) is 0 Å². The molecule has 0 saturated heterocycles. The Labute approximate surface area is 130 Å². The fraction of sp³-hybridized carbons (Fsp3) is 0.353. The lowest BCUT2D eigenvalue weighted by Gasteiger charge is -2.16. The van der Waals surface area contributed by atoms with Gasteiger partial charge in [-0.1, -0.05) is 24.3 Å². The zero-order chi connectivity index (χ0) is 15.4. The zero-order valence-electron chi connectivity index (χ0n) is 12.6. The smallest absolute Gasteiger partial charge is 0.221 e. The first-order valence-electron chi connectivity index (χ1n) is 7.63. The van der Waals surface area contributed by atoms with Crippen molar-refractivity contribution in [3.8, 4) is 5.69 Å². The van der Waals surface area contributed by atoms with Gasteiger partial charge in [0, 0.05) is 6.42 Å². The highest BCUT2D eigenvalue weighted by molar-refractivity contribution is 5.77. The number of rotatable bonds is 5. The first kappa shape index (κ1) is 14.5. The van der Waals surface area contributed by atoms with Crippen LogP contribution in [0.5, 0.6) is 0 Å². The summed E-state index contributed by atoms with van der Waals surface area (Å²) < 4.78 is 1.71. The van der Waals surface area contributed by atoms with Gasteiger partial charge in [-0.25, -0.2) is 9.67 Å². The second kappa shape index (κ2) is 6.56. The van der Waals surface area contributed by atoms with Crippen LogP contribution >= 0.6 is 0 Å². The summed E-state index contributed by atoms with van der Waals surface area (Å²) in [6.07, 6.45) is 10.2. The molecule has 0 saturated carbocycles. The molecule has 0 bridgehead atoms. The number of hydrogen-bond acceptors (Lipinski definition) is 3. The summed E-state index contributed by atoms with van der Waals surface area (Å²) >= 11 is 0. The summed E-state index contributed by atoms with van der Waals surface area (Å²) in [5.41, 5.74) is 2.04. The van der Waals surface area contributed by atoms with Gasteiger partial charge in [0.25, 0.3) is 0 Å². The predicted molar refractivity (Wildman–Crippen MR) is 84.4 cm³/mol. The summed E-state index contributed by atoms with van der Waals surface area (Å²) in [6.45, 7) is 2.01. The molecule has 1 aliphatic rings. The molecule has 1 amide bonds. The lowest BCUT2D eigenvalue weighted by atomic mass is 10.0. The standard InChI is InChI=1S/C17H20N4O/c1-13(20-17(22)10-14-4-2-3-5-14)15-6-8-16(9-7-15)21-12-18-11-19-21/h2,4,6-9,11-14H,3,5,10H2,1H3,(H,20,22)/t13-,14-/m1/s1. The Balaban J connectivity index is 1.58. The Kier molecular flexibility index (Phi) is 4.32. The van der Waals surface area contributed by atoms with Gasteiger partial charge in [0.2, 0.25) is 5.91 Å². The number of nitrogens with one attached hydrogen (secondary N) is 1. The normalized spacial score (nSPS) is 18.3. The number of carbonyl (C=O) groups is 1. The molecule has 1 N–H and O–H groups in total. The highest BCUT2D eigenvalue weighted by Crippen LogP contribution is 2.21. The van der Waals surface area contributed by atoms with Crippen molar-refractivity contribution in [1.29, 1.82) is 0 Å². The van der Waals surface area contributed by atoms with Crippen LogP contribution in [0, 0.1) is 5.92 Å². The quantitative estimate of drug-likeness (QED) is 0.863. The van der Waals surface area contributed by atoms with Crippen molar-refractivity contribution in [2.24, 2.45) is 5.92 Å². The van der Waals surface area contributed by atoms with Gasteiger partial charge in [-0.15, -0.1) is 0 Å². The second-order valence-corrected chi connectivity index (χ2v) is 5.69. The van der Waals surface area contributed by atoms with E-state index in [1.165, 1.54) is 6.33 Å². The molecule has 0 fully saturated rings. The van der Waals surface area contributed by atoms with E-state index in [0.29, 0.717) is 12.3 Å². The summed E-state index contributed by atoms with van der Waals surface area (Å²) in [5, 5.41) is 7.17. The summed E-state index contributed by atoms with van der Waals surface area (Å²) in [7, 11) is 0. The molecule has 5 heteroatoms. The molecule has 5 nitrogen and oxygen atoms in total. The van der Waals surface area contributed by atoms with E-state index in [2.05, 4.69) is 27.6 Å². The number of allylic oxidation sites excluding steroid dienone is 2. The van der Waals surface area contributed by atoms with Crippen LogP contribution in [0.2, 0.25) is 0 Å². The Morgan fingerprint density at radius 1 is 1.41 bits per heavy atom. The van der Waals surface area contributed by atoms with E-state index in [1.54, 1.807) is 11.0 Å². The Morgan fingerprint density at radius 3 is 2.86 bits per heavy atom. The van der Waals surface area contributed by atoms with Gasteiger partial charge in [-0.05, 0) is 43.4 Å². The maximum Gasteiger partial charge on any atom is 0.221 e. The molecule has 0 radical (unpaired) electrons. The van der Waals surface area contributed by atoms with Gasteiger partial charge in [-0.2, -0.15) is 5.10 Å².